The second-order valence-corrected chi connectivity index (χ2v) is 6.53. The van der Waals surface area contributed by atoms with Gasteiger partial charge in [0, 0.05) is 31.9 Å². The van der Waals surface area contributed by atoms with Gasteiger partial charge in [0.05, 0.1) is 18.3 Å². The lowest BCUT2D eigenvalue weighted by molar-refractivity contribution is -0.152. The highest BCUT2D eigenvalue weighted by Crippen LogP contribution is 2.38. The van der Waals surface area contributed by atoms with Crippen molar-refractivity contribution >= 4 is 11.9 Å². The van der Waals surface area contributed by atoms with Crippen LogP contribution in [0.1, 0.15) is 36.4 Å². The van der Waals surface area contributed by atoms with Gasteiger partial charge in [0.15, 0.2) is 0 Å². The van der Waals surface area contributed by atoms with Crippen molar-refractivity contribution in [2.75, 3.05) is 6.54 Å². The largest absolute Gasteiger partial charge is 0.481 e. The Kier molecular flexibility index (Phi) is 5.16. The minimum absolute atomic E-state index is 0.0383. The van der Waals surface area contributed by atoms with Gasteiger partial charge < -0.3 is 14.6 Å². The van der Waals surface area contributed by atoms with Crippen molar-refractivity contribution in [3.8, 4) is 0 Å². The summed E-state index contributed by atoms with van der Waals surface area (Å²) >= 11 is 0. The molecular formula is C19H23N3O3. The number of amides is 1. The molecule has 0 bridgehead atoms. The predicted octanol–water partition coefficient (Wildman–Crippen LogP) is 2.65. The molecule has 1 amide bonds. The highest BCUT2D eigenvalue weighted by molar-refractivity contribution is 5.82. The molecule has 6 nitrogen and oxygen atoms in total. The van der Waals surface area contributed by atoms with E-state index in [0.717, 1.165) is 24.1 Å². The van der Waals surface area contributed by atoms with Crippen LogP contribution in [0, 0.1) is 12.8 Å². The van der Waals surface area contributed by atoms with Crippen LogP contribution in [-0.2, 0) is 16.1 Å². The van der Waals surface area contributed by atoms with Gasteiger partial charge in [-0.1, -0.05) is 24.3 Å². The number of carboxylic acid groups (broad SMARTS) is 1. The number of benzene rings is 1. The highest BCUT2D eigenvalue weighted by atomic mass is 16.4. The number of carbonyl (C=O) groups is 2. The lowest BCUT2D eigenvalue weighted by Crippen LogP contribution is -2.46. The topological polar surface area (TPSA) is 75.4 Å². The van der Waals surface area contributed by atoms with Crippen LogP contribution in [0.2, 0.25) is 0 Å². The Morgan fingerprint density at radius 3 is 2.80 bits per heavy atom. The van der Waals surface area contributed by atoms with Crippen molar-refractivity contribution in [1.82, 2.24) is 14.5 Å². The molecule has 1 saturated heterocycles. The maximum absolute atomic E-state index is 12.6. The first kappa shape index (κ1) is 17.2. The van der Waals surface area contributed by atoms with Gasteiger partial charge >= 0.3 is 5.97 Å². The summed E-state index contributed by atoms with van der Waals surface area (Å²) in [4.78, 5) is 30.2. The normalized spacial score (nSPS) is 20.7. The molecule has 1 aliphatic heterocycles. The number of aryl methyl sites for hydroxylation is 2. The van der Waals surface area contributed by atoms with Crippen LogP contribution in [0.3, 0.4) is 0 Å². The number of imidazole rings is 1. The molecule has 1 aromatic heterocycles. The molecule has 25 heavy (non-hydrogen) atoms. The Hall–Kier alpha value is -2.63. The monoisotopic (exact) mass is 341 g/mol. The first-order chi connectivity index (χ1) is 12.1. The number of hydrogen-bond donors (Lipinski definition) is 1. The fourth-order valence-corrected chi connectivity index (χ4v) is 3.62. The fraction of sp³-hybridized carbons (Fsp3) is 0.421. The number of carbonyl (C=O) groups excluding carboxylic acids is 1. The minimum Gasteiger partial charge on any atom is -0.481 e. The van der Waals surface area contributed by atoms with E-state index in [-0.39, 0.29) is 5.91 Å². The number of carboxylic acids is 1. The molecule has 0 unspecified atom stereocenters. The smallest absolute Gasteiger partial charge is 0.308 e. The predicted molar refractivity (Wildman–Crippen MR) is 92.8 cm³/mol. The van der Waals surface area contributed by atoms with E-state index in [4.69, 9.17) is 0 Å². The lowest BCUT2D eigenvalue weighted by atomic mass is 9.82. The zero-order valence-corrected chi connectivity index (χ0v) is 14.3. The third-order valence-corrected chi connectivity index (χ3v) is 4.91. The van der Waals surface area contributed by atoms with Crippen LogP contribution >= 0.6 is 0 Å². The van der Waals surface area contributed by atoms with Gasteiger partial charge in [0.25, 0.3) is 0 Å². The number of hydrogen-bond acceptors (Lipinski definition) is 3. The van der Waals surface area contributed by atoms with E-state index in [1.165, 1.54) is 0 Å². The molecule has 2 heterocycles. The quantitative estimate of drug-likeness (QED) is 0.876. The molecule has 2 aromatic rings. The standard InChI is InChI=1S/C19H23N3O3/c1-14-5-2-3-6-15(14)18-16(19(24)25)7-8-17(23)22(18)11-4-10-21-12-9-20-13-21/h2-3,5-6,9,12-13,16,18H,4,7-8,10-11H2,1H3,(H,24,25)/t16-,18+/m1/s1. The van der Waals surface area contributed by atoms with Gasteiger partial charge in [-0.2, -0.15) is 0 Å². The number of aliphatic carboxylic acids is 1. The zero-order chi connectivity index (χ0) is 17.8. The summed E-state index contributed by atoms with van der Waals surface area (Å²) in [5, 5.41) is 9.69. The van der Waals surface area contributed by atoms with Crippen molar-refractivity contribution in [1.29, 1.82) is 0 Å². The van der Waals surface area contributed by atoms with Gasteiger partial charge in [0.2, 0.25) is 5.91 Å². The summed E-state index contributed by atoms with van der Waals surface area (Å²) in [6.07, 6.45) is 6.81. The van der Waals surface area contributed by atoms with Crippen LogP contribution in [0.25, 0.3) is 0 Å². The maximum Gasteiger partial charge on any atom is 0.308 e. The number of nitrogens with zero attached hydrogens (tertiary/aromatic N) is 3. The van der Waals surface area contributed by atoms with Crippen LogP contribution < -0.4 is 0 Å². The third kappa shape index (κ3) is 3.73. The Labute approximate surface area is 147 Å². The minimum atomic E-state index is -0.833. The Bertz CT molecular complexity index is 742. The number of aromatic nitrogens is 2. The van der Waals surface area contributed by atoms with Gasteiger partial charge in [-0.25, -0.2) is 4.98 Å². The molecule has 3 rings (SSSR count). The van der Waals surface area contributed by atoms with Crippen LogP contribution in [0.5, 0.6) is 0 Å². The Morgan fingerprint density at radius 2 is 2.12 bits per heavy atom. The van der Waals surface area contributed by atoms with Crippen molar-refractivity contribution in [2.45, 2.75) is 38.8 Å². The van der Waals surface area contributed by atoms with Crippen molar-refractivity contribution in [3.05, 3.63) is 54.1 Å². The van der Waals surface area contributed by atoms with Crippen LogP contribution in [-0.4, -0.2) is 38.0 Å². The van der Waals surface area contributed by atoms with E-state index < -0.39 is 17.9 Å². The molecule has 1 fully saturated rings. The van der Waals surface area contributed by atoms with Gasteiger partial charge in [0.1, 0.15) is 0 Å². The van der Waals surface area contributed by atoms with Gasteiger partial charge in [-0.05, 0) is 30.9 Å². The molecule has 1 aliphatic rings. The average molecular weight is 341 g/mol. The van der Waals surface area contributed by atoms with Crippen molar-refractivity contribution < 1.29 is 14.7 Å². The first-order valence-corrected chi connectivity index (χ1v) is 8.61. The first-order valence-electron chi connectivity index (χ1n) is 8.61. The molecule has 1 aromatic carbocycles. The summed E-state index contributed by atoms with van der Waals surface area (Å²) in [7, 11) is 0. The average Bonchev–Trinajstić information content (AvgIpc) is 3.10. The second-order valence-electron chi connectivity index (χ2n) is 6.53. The van der Waals surface area contributed by atoms with E-state index in [0.29, 0.717) is 19.4 Å². The molecule has 1 N–H and O–H groups in total. The van der Waals surface area contributed by atoms with Gasteiger partial charge in [-0.15, -0.1) is 0 Å². The Balaban J connectivity index is 1.84. The summed E-state index contributed by atoms with van der Waals surface area (Å²) in [5.74, 6) is -1.36. The Morgan fingerprint density at radius 1 is 1.32 bits per heavy atom. The highest BCUT2D eigenvalue weighted by Gasteiger charge is 2.40. The number of rotatable bonds is 6. The van der Waals surface area contributed by atoms with E-state index in [1.807, 2.05) is 42.0 Å². The van der Waals surface area contributed by atoms with Crippen LogP contribution in [0.15, 0.2) is 43.0 Å². The van der Waals surface area contributed by atoms with E-state index >= 15 is 0 Å². The van der Waals surface area contributed by atoms with E-state index in [2.05, 4.69) is 4.98 Å². The zero-order valence-electron chi connectivity index (χ0n) is 14.3. The summed E-state index contributed by atoms with van der Waals surface area (Å²) in [6.45, 7) is 3.26. The molecule has 0 aliphatic carbocycles. The SMILES string of the molecule is Cc1ccccc1[C@H]1[C@H](C(=O)O)CCC(=O)N1CCCn1ccnc1. The second kappa shape index (κ2) is 7.51. The summed E-state index contributed by atoms with van der Waals surface area (Å²) < 4.78 is 1.96. The van der Waals surface area contributed by atoms with Crippen molar-refractivity contribution in [3.63, 3.8) is 0 Å². The number of piperidine rings is 1. The summed E-state index contributed by atoms with van der Waals surface area (Å²) in [6, 6.07) is 7.35. The van der Waals surface area contributed by atoms with Crippen molar-refractivity contribution in [2.24, 2.45) is 5.92 Å². The molecule has 0 spiro atoms. The van der Waals surface area contributed by atoms with E-state index in [9.17, 15) is 14.7 Å². The molecular weight excluding hydrogens is 318 g/mol. The molecule has 132 valence electrons. The fourth-order valence-electron chi connectivity index (χ4n) is 3.62. The molecule has 0 saturated carbocycles. The van der Waals surface area contributed by atoms with Gasteiger partial charge in [-0.3, -0.25) is 9.59 Å². The lowest BCUT2D eigenvalue weighted by Gasteiger charge is -2.40. The summed E-state index contributed by atoms with van der Waals surface area (Å²) in [5.41, 5.74) is 1.96. The van der Waals surface area contributed by atoms with Crippen LogP contribution in [0.4, 0.5) is 0 Å². The maximum atomic E-state index is 12.6. The molecule has 2 atom stereocenters. The van der Waals surface area contributed by atoms with E-state index in [1.54, 1.807) is 17.4 Å². The number of likely N-dealkylation sites (tertiary alicyclic amines) is 1. The molecule has 0 radical (unpaired) electrons. The third-order valence-electron chi connectivity index (χ3n) is 4.91. The molecule has 6 heteroatoms.